The molecule has 8 heteroatoms. The maximum absolute atomic E-state index is 12.3. The lowest BCUT2D eigenvalue weighted by molar-refractivity contribution is -0.140. The number of rotatable bonds is 6. The number of halogens is 2. The van der Waals surface area contributed by atoms with Crippen molar-refractivity contribution in [1.82, 2.24) is 0 Å². The highest BCUT2D eigenvalue weighted by atomic mass is 32.2. The summed E-state index contributed by atoms with van der Waals surface area (Å²) in [6.45, 7) is 1.65. The lowest BCUT2D eigenvalue weighted by Gasteiger charge is -2.10. The molecule has 1 aromatic rings. The maximum atomic E-state index is 12.3. The number of benzene rings is 1. The van der Waals surface area contributed by atoms with Gasteiger partial charge in [0.25, 0.3) is 0 Å². The Hall–Kier alpha value is -1.70. The van der Waals surface area contributed by atoms with Crippen LogP contribution in [0.4, 0.5) is 14.5 Å². The van der Waals surface area contributed by atoms with Gasteiger partial charge in [-0.2, -0.15) is 8.78 Å². The fourth-order valence-corrected chi connectivity index (χ4v) is 1.94. The fourth-order valence-electron chi connectivity index (χ4n) is 1.22. The van der Waals surface area contributed by atoms with Crippen LogP contribution in [0.25, 0.3) is 0 Å². The van der Waals surface area contributed by atoms with Crippen molar-refractivity contribution < 1.29 is 27.1 Å². The summed E-state index contributed by atoms with van der Waals surface area (Å²) in [5.74, 6) is -5.05. The maximum Gasteiger partial charge on any atom is 0.341 e. The van der Waals surface area contributed by atoms with Crippen molar-refractivity contribution in [2.75, 3.05) is 11.9 Å². The molecule has 2 N–H and O–H groups in total. The fraction of sp³-hybridized carbons (Fsp3) is 0.364. The number of sulfone groups is 1. The third-order valence-electron chi connectivity index (χ3n) is 2.45. The Morgan fingerprint density at radius 1 is 1.32 bits per heavy atom. The van der Waals surface area contributed by atoms with Gasteiger partial charge in [-0.1, -0.05) is 6.92 Å². The van der Waals surface area contributed by atoms with Gasteiger partial charge >= 0.3 is 11.7 Å². The smallest absolute Gasteiger partial charge is 0.341 e. The highest BCUT2D eigenvalue weighted by molar-refractivity contribution is 7.91. The first kappa shape index (κ1) is 15.4. The van der Waals surface area contributed by atoms with Crippen LogP contribution in [0, 0.1) is 5.92 Å². The summed E-state index contributed by atoms with van der Waals surface area (Å²) in [5.41, 5.74) is 0.460. The molecule has 19 heavy (non-hydrogen) atoms. The molecule has 0 fully saturated rings. The van der Waals surface area contributed by atoms with Gasteiger partial charge in [0, 0.05) is 12.2 Å². The number of carboxylic acid groups (broad SMARTS) is 1. The normalized spacial score (nSPS) is 13.3. The monoisotopic (exact) mass is 293 g/mol. The van der Waals surface area contributed by atoms with Gasteiger partial charge in [0.05, 0.1) is 10.8 Å². The number of aliphatic carboxylic acids is 1. The summed E-state index contributed by atoms with van der Waals surface area (Å²) in [6.07, 6.45) is 0. The van der Waals surface area contributed by atoms with Crippen LogP contribution >= 0.6 is 0 Å². The quantitative estimate of drug-likeness (QED) is 0.836. The second kappa shape index (κ2) is 5.96. The van der Waals surface area contributed by atoms with Crippen LogP contribution in [0.15, 0.2) is 29.2 Å². The van der Waals surface area contributed by atoms with Gasteiger partial charge in [0.2, 0.25) is 9.84 Å². The van der Waals surface area contributed by atoms with E-state index in [0.717, 1.165) is 12.1 Å². The second-order valence-electron chi connectivity index (χ2n) is 3.95. The van der Waals surface area contributed by atoms with Gasteiger partial charge in [-0.05, 0) is 24.3 Å². The zero-order chi connectivity index (χ0) is 14.6. The predicted molar refractivity (Wildman–Crippen MR) is 64.9 cm³/mol. The first-order valence-electron chi connectivity index (χ1n) is 5.34. The Morgan fingerprint density at radius 3 is 2.26 bits per heavy atom. The molecule has 0 aliphatic carbocycles. The Bertz CT molecular complexity index is 542. The summed E-state index contributed by atoms with van der Waals surface area (Å²) >= 11 is 0. The molecule has 0 spiro atoms. The van der Waals surface area contributed by atoms with Crippen molar-refractivity contribution in [2.24, 2.45) is 5.92 Å². The molecular weight excluding hydrogens is 280 g/mol. The zero-order valence-corrected chi connectivity index (χ0v) is 10.8. The van der Waals surface area contributed by atoms with Gasteiger partial charge < -0.3 is 10.4 Å². The summed E-state index contributed by atoms with van der Waals surface area (Å²) in [4.78, 5) is 10.1. The van der Waals surface area contributed by atoms with Gasteiger partial charge in [0.15, 0.2) is 0 Å². The highest BCUT2D eigenvalue weighted by Crippen LogP contribution is 2.20. The van der Waals surface area contributed by atoms with Gasteiger partial charge in [-0.15, -0.1) is 0 Å². The summed E-state index contributed by atoms with van der Waals surface area (Å²) < 4.78 is 46.8. The van der Waals surface area contributed by atoms with Crippen LogP contribution < -0.4 is 5.32 Å². The molecule has 5 nitrogen and oxygen atoms in total. The molecule has 1 atom stereocenters. The van der Waals surface area contributed by atoms with Crippen LogP contribution in [0.3, 0.4) is 0 Å². The van der Waals surface area contributed by atoms with E-state index in [4.69, 9.17) is 5.11 Å². The zero-order valence-electron chi connectivity index (χ0n) is 10.0. The second-order valence-corrected chi connectivity index (χ2v) is 5.87. The van der Waals surface area contributed by atoms with Crippen molar-refractivity contribution in [1.29, 1.82) is 0 Å². The largest absolute Gasteiger partial charge is 0.481 e. The molecule has 1 unspecified atom stereocenters. The van der Waals surface area contributed by atoms with Crippen molar-refractivity contribution in [3.8, 4) is 0 Å². The van der Waals surface area contributed by atoms with E-state index in [1.54, 1.807) is 0 Å². The van der Waals surface area contributed by atoms with Crippen molar-refractivity contribution in [3.63, 3.8) is 0 Å². The van der Waals surface area contributed by atoms with Crippen LogP contribution in [-0.2, 0) is 14.6 Å². The molecule has 0 heterocycles. The number of hydrogen-bond acceptors (Lipinski definition) is 4. The van der Waals surface area contributed by atoms with Gasteiger partial charge in [-0.25, -0.2) is 8.42 Å². The molecule has 0 saturated heterocycles. The first-order valence-corrected chi connectivity index (χ1v) is 6.88. The van der Waals surface area contributed by atoms with E-state index in [2.05, 4.69) is 5.32 Å². The molecule has 1 aromatic carbocycles. The van der Waals surface area contributed by atoms with Crippen LogP contribution in [0.5, 0.6) is 0 Å². The van der Waals surface area contributed by atoms with Gasteiger partial charge in [0.1, 0.15) is 0 Å². The number of carbonyl (C=O) groups is 1. The minimum Gasteiger partial charge on any atom is -0.481 e. The Labute approximate surface area is 109 Å². The first-order chi connectivity index (χ1) is 8.75. The van der Waals surface area contributed by atoms with Crippen LogP contribution in [0.2, 0.25) is 0 Å². The SMILES string of the molecule is CC(CNc1ccc(S(=O)(=O)C(F)F)cc1)C(=O)O. The number of anilines is 1. The minimum absolute atomic E-state index is 0.149. The molecule has 1 rings (SSSR count). The molecule has 0 aliphatic rings. The van der Waals surface area contributed by atoms with E-state index < -0.39 is 32.4 Å². The van der Waals surface area contributed by atoms with E-state index in [1.165, 1.54) is 19.1 Å². The molecule has 106 valence electrons. The van der Waals surface area contributed by atoms with E-state index in [1.807, 2.05) is 0 Å². The van der Waals surface area contributed by atoms with Crippen molar-refractivity contribution in [3.05, 3.63) is 24.3 Å². The average molecular weight is 293 g/mol. The summed E-state index contributed by atoms with van der Waals surface area (Å²) in [6, 6.07) is 4.72. The third-order valence-corrected chi connectivity index (χ3v) is 3.85. The lowest BCUT2D eigenvalue weighted by atomic mass is 10.2. The number of hydrogen-bond donors (Lipinski definition) is 2. The van der Waals surface area contributed by atoms with Crippen molar-refractivity contribution in [2.45, 2.75) is 17.6 Å². The molecule has 0 aliphatic heterocycles. The molecule has 0 radical (unpaired) electrons. The Kier molecular flexibility index (Phi) is 4.82. The number of carboxylic acids is 1. The van der Waals surface area contributed by atoms with Crippen LogP contribution in [-0.4, -0.2) is 31.8 Å². The Morgan fingerprint density at radius 2 is 1.84 bits per heavy atom. The molecule has 0 aromatic heterocycles. The molecule has 0 amide bonds. The summed E-state index contributed by atoms with van der Waals surface area (Å²) in [5, 5.41) is 11.4. The molecule has 0 saturated carbocycles. The number of alkyl halides is 2. The van der Waals surface area contributed by atoms with E-state index in [-0.39, 0.29) is 6.54 Å². The lowest BCUT2D eigenvalue weighted by Crippen LogP contribution is -2.19. The standard InChI is InChI=1S/C11H13F2NO4S/c1-7(10(15)16)6-14-8-2-4-9(5-3-8)19(17,18)11(12)13/h2-5,7,11,14H,6H2,1H3,(H,15,16). The minimum atomic E-state index is -4.59. The van der Waals surface area contributed by atoms with E-state index in [9.17, 15) is 22.0 Å². The Balaban J connectivity index is 2.75. The summed E-state index contributed by atoms with van der Waals surface area (Å²) in [7, 11) is -4.59. The molecular formula is C11H13F2NO4S. The van der Waals surface area contributed by atoms with Crippen molar-refractivity contribution >= 4 is 21.5 Å². The predicted octanol–water partition coefficient (Wildman–Crippen LogP) is 1.82. The molecule has 0 bridgehead atoms. The van der Waals surface area contributed by atoms with E-state index in [0.29, 0.717) is 5.69 Å². The third kappa shape index (κ3) is 3.88. The number of nitrogens with one attached hydrogen (secondary N) is 1. The van der Waals surface area contributed by atoms with Crippen LogP contribution in [0.1, 0.15) is 6.92 Å². The average Bonchev–Trinajstić information content (AvgIpc) is 2.36. The topological polar surface area (TPSA) is 83.5 Å². The highest BCUT2D eigenvalue weighted by Gasteiger charge is 2.26. The van der Waals surface area contributed by atoms with E-state index >= 15 is 0 Å². The van der Waals surface area contributed by atoms with Gasteiger partial charge in [-0.3, -0.25) is 4.79 Å².